The second kappa shape index (κ2) is 15.6. The summed E-state index contributed by atoms with van der Waals surface area (Å²) in [6.07, 6.45) is 11.9. The zero-order chi connectivity index (χ0) is 40.1. The fourth-order valence-corrected chi connectivity index (χ4v) is 13.4. The second-order valence-electron chi connectivity index (χ2n) is 20.0. The summed E-state index contributed by atoms with van der Waals surface area (Å²) in [4.78, 5) is 52.1. The topological polar surface area (TPSA) is 166 Å². The number of carbonyl (C=O) groups excluding carboxylic acids is 3. The molecule has 6 aliphatic rings. The predicted octanol–water partition coefficient (Wildman–Crippen LogP) is 7.16. The number of carboxylic acids is 1. The second-order valence-corrected chi connectivity index (χ2v) is 20.0. The number of nitrogens with two attached hydrogens (primary N) is 1. The Kier molecular flexibility index (Phi) is 11.9. The number of ether oxygens (including phenoxy) is 3. The predicted molar refractivity (Wildman–Crippen MR) is 210 cm³/mol. The molecule has 4 saturated carbocycles. The summed E-state index contributed by atoms with van der Waals surface area (Å²) in [5, 5.41) is 17.0. The maximum atomic E-state index is 13.7. The van der Waals surface area contributed by atoms with Crippen LogP contribution in [0.4, 0.5) is 4.79 Å². The number of aliphatic carboxylic acids is 1. The molecule has 11 nitrogen and oxygen atoms in total. The molecule has 2 amide bonds. The van der Waals surface area contributed by atoms with Crippen LogP contribution in [0.2, 0.25) is 0 Å². The van der Waals surface area contributed by atoms with E-state index < -0.39 is 58.3 Å². The Bertz CT molecular complexity index is 1510. The van der Waals surface area contributed by atoms with Crippen LogP contribution in [0.5, 0.6) is 0 Å². The molecule has 1 aliphatic heterocycles. The summed E-state index contributed by atoms with van der Waals surface area (Å²) in [7, 11) is 0. The van der Waals surface area contributed by atoms with Gasteiger partial charge in [0.15, 0.2) is 0 Å². The molecule has 0 aromatic carbocycles. The van der Waals surface area contributed by atoms with Crippen LogP contribution in [0, 0.1) is 56.7 Å². The molecule has 55 heavy (non-hydrogen) atoms. The first-order chi connectivity index (χ1) is 25.8. The van der Waals surface area contributed by atoms with Gasteiger partial charge in [-0.3, -0.25) is 14.4 Å². The summed E-state index contributed by atoms with van der Waals surface area (Å²) >= 11 is 0. The lowest BCUT2D eigenvalue weighted by Gasteiger charge is -2.71. The Morgan fingerprint density at radius 3 is 2.33 bits per heavy atom. The minimum absolute atomic E-state index is 0.122. The summed E-state index contributed by atoms with van der Waals surface area (Å²) in [6, 6.07) is -0.739. The van der Waals surface area contributed by atoms with Crippen molar-refractivity contribution in [3.8, 4) is 0 Å². The molecular formula is C44H71N3O8. The van der Waals surface area contributed by atoms with Crippen LogP contribution in [0.25, 0.3) is 0 Å². The monoisotopic (exact) mass is 770 g/mol. The number of carbonyl (C=O) groups is 4. The van der Waals surface area contributed by atoms with E-state index in [1.807, 2.05) is 0 Å². The van der Waals surface area contributed by atoms with E-state index in [1.54, 1.807) is 0 Å². The number of esters is 2. The molecule has 5 aliphatic carbocycles. The number of unbranched alkanes of at least 4 members (excludes halogenated alkanes) is 1. The van der Waals surface area contributed by atoms with Crippen LogP contribution in [0.15, 0.2) is 11.6 Å². The molecule has 6 rings (SSSR count). The van der Waals surface area contributed by atoms with Gasteiger partial charge in [-0.15, -0.1) is 0 Å². The average Bonchev–Trinajstić information content (AvgIpc) is 3.62. The molecule has 0 aromatic rings. The van der Waals surface area contributed by atoms with Crippen molar-refractivity contribution >= 4 is 23.9 Å². The Morgan fingerprint density at radius 1 is 0.964 bits per heavy atom. The highest BCUT2D eigenvalue weighted by molar-refractivity contribution is 5.76. The summed E-state index contributed by atoms with van der Waals surface area (Å²) in [6.45, 7) is 18.4. The zero-order valence-electron chi connectivity index (χ0n) is 35.0. The smallest absolute Gasteiger partial charge is 0.323 e. The van der Waals surface area contributed by atoms with Gasteiger partial charge in [-0.25, -0.2) is 4.79 Å². The Labute approximate surface area is 329 Å². The molecular weight excluding hydrogens is 698 g/mol. The zero-order valence-corrected chi connectivity index (χ0v) is 35.0. The third kappa shape index (κ3) is 7.14. The number of carboxylic acid groups (broad SMARTS) is 1. The molecule has 12 atom stereocenters. The van der Waals surface area contributed by atoms with E-state index in [1.165, 1.54) is 12.5 Å². The van der Waals surface area contributed by atoms with Crippen molar-refractivity contribution in [1.82, 2.24) is 10.6 Å². The van der Waals surface area contributed by atoms with Crippen LogP contribution in [0.1, 0.15) is 139 Å². The number of amides is 2. The molecule has 5 fully saturated rings. The molecule has 5 N–H and O–H groups in total. The molecule has 1 saturated heterocycles. The number of rotatable bonds is 12. The van der Waals surface area contributed by atoms with Gasteiger partial charge in [0.25, 0.3) is 0 Å². The van der Waals surface area contributed by atoms with E-state index in [0.717, 1.165) is 51.4 Å². The maximum Gasteiger partial charge on any atom is 0.323 e. The molecule has 2 bridgehead atoms. The average molecular weight is 770 g/mol. The van der Waals surface area contributed by atoms with Gasteiger partial charge in [-0.05, 0) is 111 Å². The fourth-order valence-electron chi connectivity index (χ4n) is 13.4. The lowest BCUT2D eigenvalue weighted by molar-refractivity contribution is -0.263. The molecule has 11 heteroatoms. The van der Waals surface area contributed by atoms with E-state index in [-0.39, 0.29) is 40.7 Å². The number of allylic oxidation sites excluding steroid dienone is 1. The van der Waals surface area contributed by atoms with Crippen molar-refractivity contribution < 1.29 is 38.5 Å². The van der Waals surface area contributed by atoms with Gasteiger partial charge in [0.2, 0.25) is 0 Å². The van der Waals surface area contributed by atoms with Gasteiger partial charge in [0.05, 0.1) is 19.1 Å². The highest BCUT2D eigenvalue weighted by Crippen LogP contribution is 2.75. The third-order valence-electron chi connectivity index (χ3n) is 16.9. The molecule has 310 valence electrons. The van der Waals surface area contributed by atoms with Crippen LogP contribution >= 0.6 is 0 Å². The van der Waals surface area contributed by atoms with Gasteiger partial charge in [-0.1, -0.05) is 73.0 Å². The van der Waals surface area contributed by atoms with Gasteiger partial charge in [0, 0.05) is 30.3 Å². The largest absolute Gasteiger partial charge is 0.481 e. The van der Waals surface area contributed by atoms with Gasteiger partial charge in [0.1, 0.15) is 18.2 Å². The Morgan fingerprint density at radius 2 is 1.67 bits per heavy atom. The quantitative estimate of drug-likeness (QED) is 0.0916. The van der Waals surface area contributed by atoms with Crippen molar-refractivity contribution in [1.29, 1.82) is 0 Å². The molecule has 1 unspecified atom stereocenters. The minimum atomic E-state index is -0.850. The lowest BCUT2D eigenvalue weighted by atomic mass is 9.34. The summed E-state index contributed by atoms with van der Waals surface area (Å²) in [5.74, 6) is -1.17. The highest BCUT2D eigenvalue weighted by atomic mass is 16.6. The lowest BCUT2D eigenvalue weighted by Crippen LogP contribution is -2.70. The van der Waals surface area contributed by atoms with Gasteiger partial charge >= 0.3 is 23.9 Å². The molecule has 0 spiro atoms. The third-order valence-corrected chi connectivity index (χ3v) is 16.9. The number of hydrogen-bond acceptors (Lipinski definition) is 8. The van der Waals surface area contributed by atoms with Crippen LogP contribution in [-0.4, -0.2) is 73.1 Å². The van der Waals surface area contributed by atoms with Gasteiger partial charge in [-0.2, -0.15) is 0 Å². The minimum Gasteiger partial charge on any atom is -0.481 e. The van der Waals surface area contributed by atoms with Crippen LogP contribution in [0.3, 0.4) is 0 Å². The number of hydrogen-bond donors (Lipinski definition) is 4. The number of urea groups is 1. The van der Waals surface area contributed by atoms with Crippen molar-refractivity contribution in [3.63, 3.8) is 0 Å². The van der Waals surface area contributed by atoms with Crippen molar-refractivity contribution in [2.75, 3.05) is 19.8 Å². The SMILES string of the molecule is CC(=O)O[C@@H]1C[C@@]23COC[C@](C)([C@@H]2CC[C@H]2C3=CC[C@@]3(C)[C@H](C(=O)O)[C@@](C)([C@H](C)C(C)C)CC[C@]23C)[C@H]1OC(=O)C(N)CCCCNC(=O)NC1CCCC1. The standard InChI is InChI=1S/C44H71N3O8/c1-26(2)27(3)40(5)20-21-42(7)30-16-17-34-41(6)24-53-25-44(34,31(30)18-19-43(42,8)35(40)37(49)50)23-33(54-28(4)48)36(41)55-38(51)32(45)15-11-12-22-46-39(52)47-29-13-9-10-14-29/h18,26-27,29-30,32-36H,9-17,19-25,45H2,1-8H3,(H,49,50)(H2,46,47,52)/t27-,30+,32?,33-,34+,35-,36+,40-,41-,42-,43+,44+/m1/s1. The first-order valence-corrected chi connectivity index (χ1v) is 21.5. The normalized spacial score (nSPS) is 40.8. The molecule has 0 radical (unpaired) electrons. The van der Waals surface area contributed by atoms with E-state index in [4.69, 9.17) is 19.9 Å². The van der Waals surface area contributed by atoms with Crippen molar-refractivity contribution in [3.05, 3.63) is 11.6 Å². The molecule has 1 heterocycles. The van der Waals surface area contributed by atoms with E-state index in [9.17, 15) is 24.3 Å². The van der Waals surface area contributed by atoms with E-state index in [2.05, 4.69) is 65.2 Å². The summed E-state index contributed by atoms with van der Waals surface area (Å²) in [5.41, 5.74) is 5.71. The summed E-state index contributed by atoms with van der Waals surface area (Å²) < 4.78 is 19.0. The van der Waals surface area contributed by atoms with Gasteiger partial charge < -0.3 is 35.7 Å². The first-order valence-electron chi connectivity index (χ1n) is 21.5. The first kappa shape index (κ1) is 42.0. The fraction of sp³-hybridized carbons (Fsp3) is 0.864. The van der Waals surface area contributed by atoms with E-state index in [0.29, 0.717) is 57.8 Å². The Hall–Kier alpha value is -2.66. The Balaban J connectivity index is 1.20. The van der Waals surface area contributed by atoms with Crippen molar-refractivity contribution in [2.24, 2.45) is 62.4 Å². The highest BCUT2D eigenvalue weighted by Gasteiger charge is 2.72. The van der Waals surface area contributed by atoms with Crippen LogP contribution < -0.4 is 16.4 Å². The van der Waals surface area contributed by atoms with E-state index >= 15 is 0 Å². The molecule has 0 aromatic heterocycles. The number of nitrogens with one attached hydrogen (secondary N) is 2. The van der Waals surface area contributed by atoms with Crippen molar-refractivity contribution in [2.45, 2.75) is 163 Å². The number of fused-ring (bicyclic) bond motifs is 3. The maximum absolute atomic E-state index is 13.7. The van der Waals surface area contributed by atoms with Crippen LogP contribution in [-0.2, 0) is 28.6 Å².